The summed E-state index contributed by atoms with van der Waals surface area (Å²) in [6.45, 7) is 4.68. The first-order valence-electron chi connectivity index (χ1n) is 11.9. The van der Waals surface area contributed by atoms with E-state index < -0.39 is 27.9 Å². The fourth-order valence-corrected chi connectivity index (χ4v) is 6.90. The Morgan fingerprint density at radius 2 is 2.03 bits per heavy atom. The molecule has 2 atom stereocenters. The summed E-state index contributed by atoms with van der Waals surface area (Å²) >= 11 is 7.00. The Morgan fingerprint density at radius 1 is 1.24 bits per heavy atom. The van der Waals surface area contributed by atoms with Crippen LogP contribution in [-0.2, 0) is 24.3 Å². The van der Waals surface area contributed by atoms with E-state index in [1.807, 2.05) is 6.92 Å². The van der Waals surface area contributed by atoms with Crippen LogP contribution in [0.5, 0.6) is 0 Å². The number of nitrogens with zero attached hydrogens (tertiary/aromatic N) is 2. The van der Waals surface area contributed by atoms with Crippen molar-refractivity contribution in [3.05, 3.63) is 45.1 Å². The Labute approximate surface area is 225 Å². The van der Waals surface area contributed by atoms with Gasteiger partial charge in [-0.3, -0.25) is 14.4 Å². The maximum Gasteiger partial charge on any atom is 0.261 e. The van der Waals surface area contributed by atoms with Gasteiger partial charge in [-0.05, 0) is 50.1 Å². The number of sulfonamides is 1. The van der Waals surface area contributed by atoms with Crippen molar-refractivity contribution in [1.29, 1.82) is 0 Å². The summed E-state index contributed by atoms with van der Waals surface area (Å²) in [6, 6.07) is 6.35. The van der Waals surface area contributed by atoms with Gasteiger partial charge in [0.15, 0.2) is 0 Å². The summed E-state index contributed by atoms with van der Waals surface area (Å²) < 4.78 is 35.5. The van der Waals surface area contributed by atoms with Gasteiger partial charge in [-0.2, -0.15) is 4.72 Å². The maximum absolute atomic E-state index is 13.6. The molecular weight excluding hydrogens is 540 g/mol. The van der Waals surface area contributed by atoms with Crippen molar-refractivity contribution in [2.75, 3.05) is 37.7 Å². The molecule has 2 aliphatic heterocycles. The molecule has 0 spiro atoms. The van der Waals surface area contributed by atoms with Gasteiger partial charge in [0, 0.05) is 31.7 Å². The fraction of sp³-hybridized carbons (Fsp3) is 0.458. The van der Waals surface area contributed by atoms with Crippen LogP contribution in [-0.4, -0.2) is 76.0 Å². The van der Waals surface area contributed by atoms with Gasteiger partial charge >= 0.3 is 0 Å². The van der Waals surface area contributed by atoms with Crippen LogP contribution in [0.15, 0.2) is 35.2 Å². The molecule has 1 aromatic carbocycles. The van der Waals surface area contributed by atoms with Crippen molar-refractivity contribution in [3.8, 4) is 0 Å². The second-order valence-corrected chi connectivity index (χ2v) is 12.4. The van der Waals surface area contributed by atoms with Gasteiger partial charge in [0.2, 0.25) is 21.8 Å². The van der Waals surface area contributed by atoms with Crippen LogP contribution < -0.4 is 14.9 Å². The van der Waals surface area contributed by atoms with Crippen LogP contribution in [0, 0.1) is 6.92 Å². The molecule has 1 aromatic heterocycles. The second-order valence-electron chi connectivity index (χ2n) is 8.99. The molecule has 0 radical (unpaired) electrons. The molecule has 3 heterocycles. The quantitative estimate of drug-likeness (QED) is 0.503. The third-order valence-corrected chi connectivity index (χ3v) is 9.27. The molecule has 0 unspecified atom stereocenters. The van der Waals surface area contributed by atoms with Crippen LogP contribution in [0.25, 0.3) is 0 Å². The van der Waals surface area contributed by atoms with Gasteiger partial charge in [0.1, 0.15) is 6.04 Å². The molecule has 200 valence electrons. The molecule has 2 saturated heterocycles. The first-order valence-corrected chi connectivity index (χ1v) is 14.6. The highest BCUT2D eigenvalue weighted by Gasteiger charge is 2.34. The molecule has 0 bridgehead atoms. The minimum atomic E-state index is -4.21. The number of hydrogen-bond acceptors (Lipinski definition) is 7. The average molecular weight is 569 g/mol. The SMILES string of the molecule is Cc1c(N2CCCC2=O)cccc1S(=O)(=O)N[C@@H](CNC(=O)c1ccc(Cl)s1)C(=O)N1CCOC[C@@H]1C. The number of thiophene rings is 1. The number of ether oxygens (including phenoxy) is 1. The Bertz CT molecular complexity index is 1300. The van der Waals surface area contributed by atoms with Crippen molar-refractivity contribution in [1.82, 2.24) is 14.9 Å². The Kier molecular flexibility index (Phi) is 8.54. The van der Waals surface area contributed by atoms with E-state index in [4.69, 9.17) is 16.3 Å². The Morgan fingerprint density at radius 3 is 2.68 bits per heavy atom. The molecule has 13 heteroatoms. The van der Waals surface area contributed by atoms with E-state index in [2.05, 4.69) is 10.0 Å². The standard InChI is InChI=1S/C24H29ClN4O6S2/c1-15-14-35-12-11-28(15)24(32)17(13-26-23(31)19-8-9-21(25)36-19)27-37(33,34)20-6-3-5-18(16(20)2)29-10-4-7-22(29)30/h3,5-6,8-9,15,17,27H,4,7,10-14H2,1-2H3,(H,26,31)/t15-,17-/m0/s1. The number of halogens is 1. The summed E-state index contributed by atoms with van der Waals surface area (Å²) in [5.74, 6) is -0.988. The lowest BCUT2D eigenvalue weighted by atomic mass is 10.2. The number of hydrogen-bond donors (Lipinski definition) is 2. The van der Waals surface area contributed by atoms with Crippen LogP contribution in [0.3, 0.4) is 0 Å². The molecule has 2 fully saturated rings. The Hall–Kier alpha value is -2.51. The summed E-state index contributed by atoms with van der Waals surface area (Å²) in [4.78, 5) is 41.8. The summed E-state index contributed by atoms with van der Waals surface area (Å²) in [7, 11) is -4.21. The molecular formula is C24H29ClN4O6S2. The van der Waals surface area contributed by atoms with Gasteiger partial charge < -0.3 is 19.9 Å². The van der Waals surface area contributed by atoms with Crippen molar-refractivity contribution in [3.63, 3.8) is 0 Å². The third kappa shape index (κ3) is 6.15. The predicted molar refractivity (Wildman–Crippen MR) is 141 cm³/mol. The highest BCUT2D eigenvalue weighted by atomic mass is 35.5. The summed E-state index contributed by atoms with van der Waals surface area (Å²) in [5, 5.41) is 2.65. The fourth-order valence-electron chi connectivity index (χ4n) is 4.49. The number of anilines is 1. The zero-order valence-corrected chi connectivity index (χ0v) is 22.9. The highest BCUT2D eigenvalue weighted by molar-refractivity contribution is 7.89. The highest BCUT2D eigenvalue weighted by Crippen LogP contribution is 2.29. The molecule has 2 aliphatic rings. The van der Waals surface area contributed by atoms with E-state index >= 15 is 0 Å². The largest absolute Gasteiger partial charge is 0.377 e. The molecule has 3 amide bonds. The van der Waals surface area contributed by atoms with E-state index in [1.165, 1.54) is 6.07 Å². The molecule has 4 rings (SSSR count). The van der Waals surface area contributed by atoms with Crippen LogP contribution >= 0.6 is 22.9 Å². The van der Waals surface area contributed by atoms with E-state index in [0.29, 0.717) is 59.6 Å². The van der Waals surface area contributed by atoms with E-state index in [-0.39, 0.29) is 23.4 Å². The minimum Gasteiger partial charge on any atom is -0.377 e. The van der Waals surface area contributed by atoms with Crippen LogP contribution in [0.4, 0.5) is 5.69 Å². The van der Waals surface area contributed by atoms with Gasteiger partial charge in [0.25, 0.3) is 5.91 Å². The average Bonchev–Trinajstić information content (AvgIpc) is 3.49. The van der Waals surface area contributed by atoms with Crippen molar-refractivity contribution in [2.45, 2.75) is 43.7 Å². The topological polar surface area (TPSA) is 125 Å². The third-order valence-electron chi connectivity index (χ3n) is 6.42. The first kappa shape index (κ1) is 27.5. The lowest BCUT2D eigenvalue weighted by Gasteiger charge is -2.36. The number of nitrogens with one attached hydrogen (secondary N) is 2. The number of morpholine rings is 1. The lowest BCUT2D eigenvalue weighted by molar-refractivity contribution is -0.140. The molecule has 0 saturated carbocycles. The van der Waals surface area contributed by atoms with Crippen molar-refractivity contribution < 1.29 is 27.5 Å². The monoisotopic (exact) mass is 568 g/mol. The first-order chi connectivity index (χ1) is 17.6. The second kappa shape index (κ2) is 11.5. The number of carbonyl (C=O) groups excluding carboxylic acids is 3. The number of amides is 3. The van der Waals surface area contributed by atoms with E-state index in [9.17, 15) is 22.8 Å². The van der Waals surface area contributed by atoms with Crippen molar-refractivity contribution >= 4 is 56.4 Å². The smallest absolute Gasteiger partial charge is 0.261 e. The zero-order chi connectivity index (χ0) is 26.7. The lowest BCUT2D eigenvalue weighted by Crippen LogP contribution is -2.58. The normalized spacial score (nSPS) is 19.2. The zero-order valence-electron chi connectivity index (χ0n) is 20.5. The van der Waals surface area contributed by atoms with Gasteiger partial charge in [-0.1, -0.05) is 17.7 Å². The van der Waals surface area contributed by atoms with E-state index in [1.54, 1.807) is 41.0 Å². The molecule has 0 aliphatic carbocycles. The minimum absolute atomic E-state index is 0.0334. The van der Waals surface area contributed by atoms with Crippen molar-refractivity contribution in [2.24, 2.45) is 0 Å². The number of benzene rings is 1. The van der Waals surface area contributed by atoms with Gasteiger partial charge in [-0.25, -0.2) is 8.42 Å². The summed E-state index contributed by atoms with van der Waals surface area (Å²) in [5.41, 5.74) is 0.936. The number of rotatable bonds is 8. The summed E-state index contributed by atoms with van der Waals surface area (Å²) in [6.07, 6.45) is 1.12. The maximum atomic E-state index is 13.6. The molecule has 2 N–H and O–H groups in total. The van der Waals surface area contributed by atoms with Gasteiger partial charge in [-0.15, -0.1) is 11.3 Å². The van der Waals surface area contributed by atoms with Crippen LogP contribution in [0.1, 0.15) is 35.0 Å². The molecule has 37 heavy (non-hydrogen) atoms. The Balaban J connectivity index is 1.59. The van der Waals surface area contributed by atoms with Gasteiger partial charge in [0.05, 0.1) is 33.4 Å². The van der Waals surface area contributed by atoms with E-state index in [0.717, 1.165) is 11.3 Å². The molecule has 10 nitrogen and oxygen atoms in total. The predicted octanol–water partition coefficient (Wildman–Crippen LogP) is 2.16. The number of carbonyl (C=O) groups is 3. The molecule has 2 aromatic rings. The van der Waals surface area contributed by atoms with Crippen LogP contribution in [0.2, 0.25) is 4.34 Å².